The van der Waals surface area contributed by atoms with E-state index in [0.29, 0.717) is 19.6 Å². The van der Waals surface area contributed by atoms with Crippen LogP contribution in [-0.2, 0) is 23.4 Å². The van der Waals surface area contributed by atoms with E-state index in [9.17, 15) is 9.90 Å². The second kappa shape index (κ2) is 12.4. The number of ether oxygens (including phenoxy) is 2. The van der Waals surface area contributed by atoms with Crippen LogP contribution < -0.4 is 9.47 Å². The molecule has 6 rings (SSSR count). The second-order valence-electron chi connectivity index (χ2n) is 11.0. The van der Waals surface area contributed by atoms with Gasteiger partial charge in [-0.1, -0.05) is 91.9 Å². The normalized spacial score (nSPS) is 12.6. The highest BCUT2D eigenvalue weighted by Crippen LogP contribution is 2.38. The Labute approximate surface area is 251 Å². The van der Waals surface area contributed by atoms with Gasteiger partial charge in [0.15, 0.2) is 0 Å². The number of fused-ring (bicyclic) bond motifs is 2. The number of aliphatic carboxylic acids is 1. The molecule has 0 saturated carbocycles. The Morgan fingerprint density at radius 2 is 1.26 bits per heavy atom. The Bertz CT molecular complexity index is 1740. The summed E-state index contributed by atoms with van der Waals surface area (Å²) in [6, 6.07) is 42.6. The van der Waals surface area contributed by atoms with Gasteiger partial charge in [-0.15, -0.1) is 0 Å². The van der Waals surface area contributed by atoms with Crippen LogP contribution in [0.1, 0.15) is 42.1 Å². The van der Waals surface area contributed by atoms with E-state index in [-0.39, 0.29) is 6.42 Å². The second-order valence-corrected chi connectivity index (χ2v) is 11.0. The maximum absolute atomic E-state index is 11.6. The van der Waals surface area contributed by atoms with Crippen LogP contribution in [-0.4, -0.2) is 16.1 Å². The first kappa shape index (κ1) is 28.0. The fourth-order valence-electron chi connectivity index (χ4n) is 5.49. The van der Waals surface area contributed by atoms with Crippen LogP contribution in [0.4, 0.5) is 0 Å². The highest BCUT2D eigenvalue weighted by atomic mass is 16.5. The number of carboxylic acid groups (broad SMARTS) is 1. The lowest BCUT2D eigenvalue weighted by Crippen LogP contribution is -2.25. The van der Waals surface area contributed by atoms with Crippen LogP contribution in [0.2, 0.25) is 0 Å². The third kappa shape index (κ3) is 6.52. The van der Waals surface area contributed by atoms with Crippen molar-refractivity contribution in [2.24, 2.45) is 0 Å². The highest BCUT2D eigenvalue weighted by molar-refractivity contribution is 5.83. The Morgan fingerprint density at radius 1 is 0.674 bits per heavy atom. The molecule has 5 heteroatoms. The van der Waals surface area contributed by atoms with Gasteiger partial charge < -0.3 is 14.6 Å². The molecule has 0 radical (unpaired) electrons. The van der Waals surface area contributed by atoms with Crippen molar-refractivity contribution in [1.29, 1.82) is 0 Å². The number of pyridine rings is 1. The minimum atomic E-state index is -0.815. The molecule has 6 aromatic rings. The minimum Gasteiger partial charge on any atom is -0.489 e. The van der Waals surface area contributed by atoms with Crippen molar-refractivity contribution in [3.8, 4) is 11.5 Å². The summed E-state index contributed by atoms with van der Waals surface area (Å²) >= 11 is 0. The van der Waals surface area contributed by atoms with Crippen LogP contribution in [0.5, 0.6) is 11.5 Å². The summed E-state index contributed by atoms with van der Waals surface area (Å²) in [5.41, 5.74) is 4.45. The van der Waals surface area contributed by atoms with Gasteiger partial charge >= 0.3 is 5.97 Å². The zero-order chi connectivity index (χ0) is 29.6. The lowest BCUT2D eigenvalue weighted by atomic mass is 9.73. The van der Waals surface area contributed by atoms with E-state index in [4.69, 9.17) is 9.47 Å². The Balaban J connectivity index is 1.15. The molecule has 1 atom stereocenters. The maximum atomic E-state index is 11.6. The standard InChI is InChI=1S/C38H33NO4/c1-38(23-22-37(40)41,31-13-18-34(19-14-31)42-25-27-10-11-28-6-2-3-8-30(28)24-27)32-15-20-35(21-16-32)43-26-33-17-12-29-7-4-5-9-36(29)39-33/h2-21,24H,22-23,25-26H2,1H3,(H,40,41). The summed E-state index contributed by atoms with van der Waals surface area (Å²) in [6.07, 6.45) is 0.517. The average Bonchev–Trinajstić information content (AvgIpc) is 3.05. The fourth-order valence-corrected chi connectivity index (χ4v) is 5.49. The maximum Gasteiger partial charge on any atom is 0.303 e. The lowest BCUT2D eigenvalue weighted by molar-refractivity contribution is -0.137. The average molecular weight is 568 g/mol. The monoisotopic (exact) mass is 567 g/mol. The van der Waals surface area contributed by atoms with Crippen molar-refractivity contribution in [2.45, 2.75) is 38.4 Å². The van der Waals surface area contributed by atoms with Gasteiger partial charge in [-0.05, 0) is 76.3 Å². The van der Waals surface area contributed by atoms with E-state index >= 15 is 0 Å². The first-order valence-corrected chi connectivity index (χ1v) is 14.5. The van der Waals surface area contributed by atoms with Gasteiger partial charge in [0.1, 0.15) is 24.7 Å². The van der Waals surface area contributed by atoms with Gasteiger partial charge in [0.25, 0.3) is 0 Å². The number of rotatable bonds is 11. The van der Waals surface area contributed by atoms with Gasteiger partial charge in [-0.3, -0.25) is 4.79 Å². The number of hydrogen-bond acceptors (Lipinski definition) is 4. The van der Waals surface area contributed by atoms with Crippen molar-refractivity contribution < 1.29 is 19.4 Å². The van der Waals surface area contributed by atoms with Crippen molar-refractivity contribution in [3.63, 3.8) is 0 Å². The summed E-state index contributed by atoms with van der Waals surface area (Å²) in [6.45, 7) is 2.92. The van der Waals surface area contributed by atoms with E-state index in [2.05, 4.69) is 48.3 Å². The number of para-hydroxylation sites is 1. The van der Waals surface area contributed by atoms with Crippen LogP contribution >= 0.6 is 0 Å². The van der Waals surface area contributed by atoms with E-state index < -0.39 is 11.4 Å². The number of carboxylic acids is 1. The van der Waals surface area contributed by atoms with E-state index in [1.807, 2.05) is 91.0 Å². The number of carbonyl (C=O) groups is 1. The fraction of sp³-hybridized carbons (Fsp3) is 0.158. The van der Waals surface area contributed by atoms with Gasteiger partial charge in [-0.2, -0.15) is 0 Å². The molecule has 0 amide bonds. The zero-order valence-electron chi connectivity index (χ0n) is 24.1. The molecule has 1 N–H and O–H groups in total. The molecule has 0 aliphatic carbocycles. The summed E-state index contributed by atoms with van der Waals surface area (Å²) in [5, 5.41) is 13.0. The Hall–Kier alpha value is -5.16. The van der Waals surface area contributed by atoms with E-state index in [0.717, 1.165) is 44.8 Å². The smallest absolute Gasteiger partial charge is 0.303 e. The molecule has 0 fully saturated rings. The van der Waals surface area contributed by atoms with Crippen molar-refractivity contribution in [2.75, 3.05) is 0 Å². The quantitative estimate of drug-likeness (QED) is 0.170. The van der Waals surface area contributed by atoms with Crippen LogP contribution in [0.15, 0.2) is 127 Å². The van der Waals surface area contributed by atoms with E-state index in [1.54, 1.807) is 0 Å². The molecule has 1 heterocycles. The van der Waals surface area contributed by atoms with Crippen LogP contribution in [0, 0.1) is 0 Å². The predicted molar refractivity (Wildman–Crippen MR) is 171 cm³/mol. The van der Waals surface area contributed by atoms with Crippen molar-refractivity contribution in [1.82, 2.24) is 4.98 Å². The third-order valence-electron chi connectivity index (χ3n) is 8.08. The highest BCUT2D eigenvalue weighted by Gasteiger charge is 2.30. The van der Waals surface area contributed by atoms with Gasteiger partial charge in [0.2, 0.25) is 0 Å². The van der Waals surface area contributed by atoms with Crippen molar-refractivity contribution >= 4 is 27.6 Å². The molecule has 1 aromatic heterocycles. The number of aromatic nitrogens is 1. The zero-order valence-corrected chi connectivity index (χ0v) is 24.1. The van der Waals surface area contributed by atoms with Gasteiger partial charge in [-0.25, -0.2) is 4.98 Å². The lowest BCUT2D eigenvalue weighted by Gasteiger charge is -2.31. The number of hydrogen-bond donors (Lipinski definition) is 1. The molecule has 1 unspecified atom stereocenters. The van der Waals surface area contributed by atoms with Crippen molar-refractivity contribution in [3.05, 3.63) is 150 Å². The molecule has 43 heavy (non-hydrogen) atoms. The predicted octanol–water partition coefficient (Wildman–Crippen LogP) is 8.72. The van der Waals surface area contributed by atoms with Gasteiger partial charge in [0, 0.05) is 17.2 Å². The number of nitrogens with zero attached hydrogens (tertiary/aromatic N) is 1. The van der Waals surface area contributed by atoms with E-state index in [1.165, 1.54) is 10.8 Å². The van der Waals surface area contributed by atoms with Crippen LogP contribution in [0.25, 0.3) is 21.7 Å². The Morgan fingerprint density at radius 3 is 1.93 bits per heavy atom. The summed E-state index contributed by atoms with van der Waals surface area (Å²) in [7, 11) is 0. The first-order valence-electron chi connectivity index (χ1n) is 14.5. The molecule has 0 saturated heterocycles. The SMILES string of the molecule is CC(CCC(=O)O)(c1ccc(OCc2ccc3ccccc3c2)cc1)c1ccc(OCc2ccc3ccccc3n2)cc1. The minimum absolute atomic E-state index is 0.0581. The Kier molecular flexibility index (Phi) is 8.05. The molecule has 0 aliphatic heterocycles. The van der Waals surface area contributed by atoms with Crippen LogP contribution in [0.3, 0.4) is 0 Å². The molecular formula is C38H33NO4. The topological polar surface area (TPSA) is 68.7 Å². The summed E-state index contributed by atoms with van der Waals surface area (Å²) in [5.74, 6) is 0.685. The summed E-state index contributed by atoms with van der Waals surface area (Å²) in [4.78, 5) is 16.3. The number of benzene rings is 5. The molecule has 0 aliphatic rings. The molecule has 5 nitrogen and oxygen atoms in total. The van der Waals surface area contributed by atoms with Gasteiger partial charge in [0.05, 0.1) is 11.2 Å². The molecule has 0 bridgehead atoms. The molecule has 0 spiro atoms. The molecule has 214 valence electrons. The third-order valence-corrected chi connectivity index (χ3v) is 8.08. The molecule has 5 aromatic carbocycles. The molecular weight excluding hydrogens is 534 g/mol. The largest absolute Gasteiger partial charge is 0.489 e. The first-order chi connectivity index (χ1) is 21.0. The summed E-state index contributed by atoms with van der Waals surface area (Å²) < 4.78 is 12.1.